The van der Waals surface area contributed by atoms with Gasteiger partial charge >= 0.3 is 0 Å². The third-order valence-corrected chi connectivity index (χ3v) is 5.73. The van der Waals surface area contributed by atoms with Crippen LogP contribution >= 0.6 is 27.3 Å². The molecule has 2 aromatic rings. The van der Waals surface area contributed by atoms with Crippen LogP contribution in [0.25, 0.3) is 10.1 Å². The van der Waals surface area contributed by atoms with Gasteiger partial charge in [0.25, 0.3) is 0 Å². The van der Waals surface area contributed by atoms with Gasteiger partial charge in [0.2, 0.25) is 0 Å². The van der Waals surface area contributed by atoms with Gasteiger partial charge in [-0.1, -0.05) is 19.1 Å². The molecule has 1 aromatic carbocycles. The molecule has 3 heteroatoms. The Morgan fingerprint density at radius 1 is 1.41 bits per heavy atom. The van der Waals surface area contributed by atoms with Crippen molar-refractivity contribution in [3.05, 3.63) is 33.6 Å². The summed E-state index contributed by atoms with van der Waals surface area (Å²) >= 11 is 5.28. The minimum absolute atomic E-state index is 0.314. The van der Waals surface area contributed by atoms with Gasteiger partial charge in [0.05, 0.1) is 6.10 Å². The highest BCUT2D eigenvalue weighted by molar-refractivity contribution is 9.10. The summed E-state index contributed by atoms with van der Waals surface area (Å²) in [5.74, 6) is 1.11. The van der Waals surface area contributed by atoms with E-state index in [1.807, 2.05) is 6.07 Å². The molecule has 0 radical (unpaired) electrons. The van der Waals surface area contributed by atoms with Crippen molar-refractivity contribution >= 4 is 37.4 Å². The van der Waals surface area contributed by atoms with Gasteiger partial charge in [-0.05, 0) is 63.0 Å². The number of hydrogen-bond acceptors (Lipinski definition) is 2. The topological polar surface area (TPSA) is 20.2 Å². The van der Waals surface area contributed by atoms with Gasteiger partial charge in [0.1, 0.15) is 0 Å². The number of thiophene rings is 1. The van der Waals surface area contributed by atoms with Crippen molar-refractivity contribution in [2.24, 2.45) is 11.8 Å². The zero-order chi connectivity index (χ0) is 12.0. The molecule has 0 bridgehead atoms. The second-order valence-electron chi connectivity index (χ2n) is 4.95. The third kappa shape index (κ3) is 2.05. The molecule has 1 aliphatic rings. The highest BCUT2D eigenvalue weighted by atomic mass is 79.9. The Morgan fingerprint density at radius 3 is 2.88 bits per heavy atom. The molecule has 0 saturated heterocycles. The fraction of sp³-hybridized carbons (Fsp3) is 0.429. The molecule has 0 spiro atoms. The Balaban J connectivity index is 2.02. The molecule has 0 aliphatic heterocycles. The Hall–Kier alpha value is -0.380. The summed E-state index contributed by atoms with van der Waals surface area (Å²) in [5.41, 5.74) is 1.10. The van der Waals surface area contributed by atoms with Crippen LogP contribution < -0.4 is 0 Å². The Bertz CT molecular complexity index is 544. The maximum atomic E-state index is 10.5. The van der Waals surface area contributed by atoms with Crippen LogP contribution in [0.5, 0.6) is 0 Å². The summed E-state index contributed by atoms with van der Waals surface area (Å²) < 4.78 is 2.36. The van der Waals surface area contributed by atoms with E-state index in [0.29, 0.717) is 5.92 Å². The number of aliphatic hydroxyl groups is 1. The average molecular weight is 311 g/mol. The molecule has 1 N–H and O–H groups in total. The lowest BCUT2D eigenvalue weighted by Gasteiger charge is -2.17. The van der Waals surface area contributed by atoms with Crippen LogP contribution in [-0.2, 0) is 0 Å². The molecule has 1 saturated carbocycles. The molecule has 2 atom stereocenters. The van der Waals surface area contributed by atoms with Crippen LogP contribution in [0.15, 0.2) is 28.1 Å². The quantitative estimate of drug-likeness (QED) is 0.868. The molecule has 17 heavy (non-hydrogen) atoms. The van der Waals surface area contributed by atoms with E-state index in [9.17, 15) is 5.11 Å². The normalized spacial score (nSPS) is 19.5. The predicted molar refractivity (Wildman–Crippen MR) is 76.4 cm³/mol. The van der Waals surface area contributed by atoms with Crippen LogP contribution in [0.3, 0.4) is 0 Å². The Kier molecular flexibility index (Phi) is 3.01. The monoisotopic (exact) mass is 310 g/mol. The van der Waals surface area contributed by atoms with E-state index in [1.165, 1.54) is 22.9 Å². The first-order valence-electron chi connectivity index (χ1n) is 6.02. The van der Waals surface area contributed by atoms with Gasteiger partial charge in [-0.2, -0.15) is 0 Å². The molecule has 3 rings (SSSR count). The second-order valence-corrected chi connectivity index (χ2v) is 6.68. The Labute approximate surface area is 114 Å². The first-order valence-corrected chi connectivity index (χ1v) is 7.69. The molecule has 2 unspecified atom stereocenters. The molecular weight excluding hydrogens is 296 g/mol. The van der Waals surface area contributed by atoms with Crippen LogP contribution in [0.4, 0.5) is 0 Å². The van der Waals surface area contributed by atoms with Gasteiger partial charge in [0, 0.05) is 9.17 Å². The smallest absolute Gasteiger partial charge is 0.0832 e. The van der Waals surface area contributed by atoms with Crippen molar-refractivity contribution in [2.75, 3.05) is 0 Å². The fourth-order valence-corrected chi connectivity index (χ4v) is 4.09. The summed E-state index contributed by atoms with van der Waals surface area (Å²) in [6.45, 7) is 2.17. The summed E-state index contributed by atoms with van der Waals surface area (Å²) in [4.78, 5) is 0. The first-order chi connectivity index (χ1) is 8.18. The summed E-state index contributed by atoms with van der Waals surface area (Å²) in [6.07, 6.45) is 2.25. The van der Waals surface area contributed by atoms with Gasteiger partial charge in [-0.3, -0.25) is 0 Å². The van der Waals surface area contributed by atoms with E-state index in [-0.39, 0.29) is 6.10 Å². The minimum Gasteiger partial charge on any atom is -0.388 e. The largest absolute Gasteiger partial charge is 0.388 e. The zero-order valence-electron chi connectivity index (χ0n) is 9.69. The molecule has 1 fully saturated rings. The standard InChI is InChI=1S/C14H15BrOS/c1-8(9-5-6-9)13(16)11-7-17-14-10(11)3-2-4-12(14)15/h2-4,7-9,13,16H,5-6H2,1H3. The van der Waals surface area contributed by atoms with Gasteiger partial charge in [0.15, 0.2) is 0 Å². The summed E-state index contributed by atoms with van der Waals surface area (Å²) in [5, 5.41) is 13.8. The summed E-state index contributed by atoms with van der Waals surface area (Å²) in [6, 6.07) is 6.20. The van der Waals surface area contributed by atoms with Crippen LogP contribution in [-0.4, -0.2) is 5.11 Å². The highest BCUT2D eigenvalue weighted by Gasteiger charge is 2.34. The lowest BCUT2D eigenvalue weighted by atomic mass is 9.93. The average Bonchev–Trinajstić information content (AvgIpc) is 3.08. The maximum Gasteiger partial charge on any atom is 0.0832 e. The van der Waals surface area contributed by atoms with Crippen molar-refractivity contribution in [1.29, 1.82) is 0 Å². The fourth-order valence-electron chi connectivity index (χ4n) is 2.43. The van der Waals surface area contributed by atoms with Crippen molar-refractivity contribution in [3.8, 4) is 0 Å². The molecule has 1 nitrogen and oxygen atoms in total. The van der Waals surface area contributed by atoms with Crippen molar-refractivity contribution < 1.29 is 5.11 Å². The van der Waals surface area contributed by atoms with Crippen LogP contribution in [0.2, 0.25) is 0 Å². The number of fused-ring (bicyclic) bond motifs is 1. The lowest BCUT2D eigenvalue weighted by Crippen LogP contribution is -2.10. The molecule has 90 valence electrons. The first kappa shape index (κ1) is 11.7. The lowest BCUT2D eigenvalue weighted by molar-refractivity contribution is 0.107. The van der Waals surface area contributed by atoms with Crippen molar-refractivity contribution in [1.82, 2.24) is 0 Å². The minimum atomic E-state index is -0.314. The van der Waals surface area contributed by atoms with E-state index in [2.05, 4.69) is 40.4 Å². The molecule has 0 amide bonds. The van der Waals surface area contributed by atoms with Gasteiger partial charge in [-0.15, -0.1) is 11.3 Å². The van der Waals surface area contributed by atoms with E-state index in [1.54, 1.807) is 11.3 Å². The van der Waals surface area contributed by atoms with Gasteiger partial charge in [-0.25, -0.2) is 0 Å². The molecular formula is C14H15BrOS. The Morgan fingerprint density at radius 2 is 2.18 bits per heavy atom. The number of rotatable bonds is 3. The molecule has 1 aromatic heterocycles. The third-order valence-electron chi connectivity index (χ3n) is 3.76. The van der Waals surface area contributed by atoms with E-state index in [4.69, 9.17) is 0 Å². The summed E-state index contributed by atoms with van der Waals surface area (Å²) in [7, 11) is 0. The predicted octanol–water partition coefficient (Wildman–Crippen LogP) is 4.74. The number of halogens is 1. The number of aliphatic hydroxyl groups excluding tert-OH is 1. The van der Waals surface area contributed by atoms with Crippen molar-refractivity contribution in [2.45, 2.75) is 25.9 Å². The molecule has 1 aliphatic carbocycles. The zero-order valence-corrected chi connectivity index (χ0v) is 12.1. The maximum absolute atomic E-state index is 10.5. The number of hydrogen-bond donors (Lipinski definition) is 1. The van der Waals surface area contributed by atoms with Crippen molar-refractivity contribution in [3.63, 3.8) is 0 Å². The van der Waals surface area contributed by atoms with Crippen LogP contribution in [0.1, 0.15) is 31.4 Å². The van der Waals surface area contributed by atoms with E-state index >= 15 is 0 Å². The van der Waals surface area contributed by atoms with E-state index in [0.717, 1.165) is 16.0 Å². The molecule has 1 heterocycles. The highest BCUT2D eigenvalue weighted by Crippen LogP contribution is 2.45. The van der Waals surface area contributed by atoms with Crippen LogP contribution in [0, 0.1) is 11.8 Å². The number of benzene rings is 1. The SMILES string of the molecule is CC(C1CC1)C(O)c1csc2c(Br)cccc12. The second kappa shape index (κ2) is 4.38. The van der Waals surface area contributed by atoms with E-state index < -0.39 is 0 Å². The van der Waals surface area contributed by atoms with Gasteiger partial charge < -0.3 is 5.11 Å².